The summed E-state index contributed by atoms with van der Waals surface area (Å²) in [6.45, 7) is 3.64. The molecule has 2 saturated heterocycles. The standard InChI is InChI=1S/C31H30ClF2N5O4/c1-2-14-37-19-29(42)38-26(15-21-9-11-23(40)16-25(21)34)31(43)36(17-22-10-12-24(33)30(32)35-22)18-27(38)39(37)28(41)13-8-20-6-4-3-5-7-20/h2-7,9-12,16,26-27,40H,1,8,13-15,17-19H2/t26-,27?/m0/s1. The lowest BCUT2D eigenvalue weighted by atomic mass is 9.98. The number of benzene rings is 2. The van der Waals surface area contributed by atoms with Gasteiger partial charge in [0.15, 0.2) is 11.0 Å². The van der Waals surface area contributed by atoms with Crippen LogP contribution >= 0.6 is 11.6 Å². The van der Waals surface area contributed by atoms with Gasteiger partial charge in [-0.1, -0.05) is 54.1 Å². The minimum atomic E-state index is -1.17. The topological polar surface area (TPSA) is 97.3 Å². The Morgan fingerprint density at radius 2 is 1.86 bits per heavy atom. The van der Waals surface area contributed by atoms with E-state index >= 15 is 0 Å². The summed E-state index contributed by atoms with van der Waals surface area (Å²) in [5.41, 5.74) is 1.38. The monoisotopic (exact) mass is 609 g/mol. The summed E-state index contributed by atoms with van der Waals surface area (Å²) < 4.78 is 28.7. The molecule has 2 atom stereocenters. The summed E-state index contributed by atoms with van der Waals surface area (Å²) in [6, 6.07) is 14.5. The van der Waals surface area contributed by atoms with Crippen LogP contribution in [0.5, 0.6) is 5.75 Å². The summed E-state index contributed by atoms with van der Waals surface area (Å²) in [5, 5.41) is 12.4. The van der Waals surface area contributed by atoms with Crippen LogP contribution in [0.2, 0.25) is 5.15 Å². The molecule has 1 N–H and O–H groups in total. The van der Waals surface area contributed by atoms with E-state index in [1.807, 2.05) is 30.3 Å². The zero-order chi connectivity index (χ0) is 30.7. The van der Waals surface area contributed by atoms with Crippen molar-refractivity contribution in [3.05, 3.63) is 107 Å². The number of halogens is 3. The maximum atomic E-state index is 14.9. The van der Waals surface area contributed by atoms with Crippen LogP contribution in [-0.2, 0) is 33.8 Å². The lowest BCUT2D eigenvalue weighted by molar-refractivity contribution is -0.205. The highest BCUT2D eigenvalue weighted by Gasteiger charge is 2.51. The van der Waals surface area contributed by atoms with Gasteiger partial charge in [0.2, 0.25) is 17.7 Å². The number of amides is 3. The number of phenolic OH excluding ortho intramolecular Hbond substituents is 1. The Morgan fingerprint density at radius 1 is 1.09 bits per heavy atom. The summed E-state index contributed by atoms with van der Waals surface area (Å²) in [5.74, 6) is -2.89. The van der Waals surface area contributed by atoms with Crippen LogP contribution in [0.3, 0.4) is 0 Å². The first-order valence-corrected chi connectivity index (χ1v) is 14.1. The van der Waals surface area contributed by atoms with Gasteiger partial charge >= 0.3 is 0 Å². The highest BCUT2D eigenvalue weighted by atomic mass is 35.5. The number of aryl methyl sites for hydroxylation is 1. The number of nitrogens with zero attached hydrogens (tertiary/aromatic N) is 5. The molecule has 1 unspecified atom stereocenters. The lowest BCUT2D eigenvalue weighted by Gasteiger charge is -2.55. The molecule has 3 aromatic rings. The van der Waals surface area contributed by atoms with Crippen LogP contribution in [0.25, 0.3) is 0 Å². The number of rotatable bonds is 9. The fourth-order valence-corrected chi connectivity index (χ4v) is 5.73. The average Bonchev–Trinajstić information content (AvgIpc) is 2.98. The molecule has 0 bridgehead atoms. The number of pyridine rings is 1. The molecule has 0 radical (unpaired) electrons. The molecule has 2 aliphatic heterocycles. The summed E-state index contributed by atoms with van der Waals surface area (Å²) in [6.07, 6.45) is 1.07. The molecular formula is C31H30ClF2N5O4. The van der Waals surface area contributed by atoms with E-state index in [1.165, 1.54) is 33.0 Å². The van der Waals surface area contributed by atoms with Crippen molar-refractivity contribution in [2.75, 3.05) is 19.6 Å². The number of fused-ring (bicyclic) bond motifs is 1. The number of phenols is 1. The molecule has 9 nitrogen and oxygen atoms in total. The fraction of sp³-hybridized carbons (Fsp3) is 0.290. The SMILES string of the molecule is C=CCN1CC(=O)N2C(CN(Cc3ccc(F)c(Cl)n3)C(=O)[C@@H]2Cc2ccc(O)cc2F)N1C(=O)CCc1ccccc1. The molecule has 43 heavy (non-hydrogen) atoms. The quantitative estimate of drug-likeness (QED) is 0.294. The van der Waals surface area contributed by atoms with Gasteiger partial charge in [-0.25, -0.2) is 23.8 Å². The molecule has 0 spiro atoms. The van der Waals surface area contributed by atoms with Crippen LogP contribution in [0.1, 0.15) is 23.2 Å². The third-order valence-electron chi connectivity index (χ3n) is 7.56. The number of aromatic nitrogens is 1. The van der Waals surface area contributed by atoms with Gasteiger partial charge in [0.05, 0.1) is 25.3 Å². The van der Waals surface area contributed by atoms with Gasteiger partial charge in [-0.2, -0.15) is 0 Å². The van der Waals surface area contributed by atoms with Crippen LogP contribution < -0.4 is 0 Å². The molecule has 2 fully saturated rings. The van der Waals surface area contributed by atoms with Gasteiger partial charge in [-0.05, 0) is 35.7 Å². The third kappa shape index (κ3) is 6.52. The van der Waals surface area contributed by atoms with Crippen LogP contribution in [-0.4, -0.2) is 79.5 Å². The predicted octanol–water partition coefficient (Wildman–Crippen LogP) is 3.71. The molecule has 3 heterocycles. The maximum Gasteiger partial charge on any atom is 0.246 e. The average molecular weight is 610 g/mol. The van der Waals surface area contributed by atoms with Crippen molar-refractivity contribution in [3.8, 4) is 5.75 Å². The van der Waals surface area contributed by atoms with Crippen LogP contribution in [0, 0.1) is 11.6 Å². The first-order chi connectivity index (χ1) is 20.7. The maximum absolute atomic E-state index is 14.9. The van der Waals surface area contributed by atoms with Gasteiger partial charge in [0.1, 0.15) is 23.8 Å². The van der Waals surface area contributed by atoms with Gasteiger partial charge in [-0.3, -0.25) is 14.4 Å². The van der Waals surface area contributed by atoms with E-state index in [4.69, 9.17) is 11.6 Å². The molecule has 224 valence electrons. The minimum absolute atomic E-state index is 0.0689. The molecule has 1 aromatic heterocycles. The molecule has 0 saturated carbocycles. The third-order valence-corrected chi connectivity index (χ3v) is 7.82. The van der Waals surface area contributed by atoms with Crippen LogP contribution in [0.4, 0.5) is 8.78 Å². The van der Waals surface area contributed by atoms with E-state index in [1.54, 1.807) is 11.1 Å². The fourth-order valence-electron chi connectivity index (χ4n) is 5.56. The molecule has 5 rings (SSSR count). The Kier molecular flexibility index (Phi) is 9.02. The Labute approximate surface area is 252 Å². The predicted molar refractivity (Wildman–Crippen MR) is 154 cm³/mol. The minimum Gasteiger partial charge on any atom is -0.508 e. The van der Waals surface area contributed by atoms with Gasteiger partial charge in [0.25, 0.3) is 0 Å². The number of hydrogen-bond acceptors (Lipinski definition) is 6. The van der Waals surface area contributed by atoms with Crippen molar-refractivity contribution >= 4 is 29.3 Å². The number of carbonyl (C=O) groups excluding carboxylic acids is 3. The second-order valence-electron chi connectivity index (χ2n) is 10.4. The lowest BCUT2D eigenvalue weighted by Crippen LogP contribution is -2.75. The number of hydrogen-bond donors (Lipinski definition) is 1. The van der Waals surface area contributed by atoms with Gasteiger partial charge in [0, 0.05) is 25.5 Å². The highest BCUT2D eigenvalue weighted by molar-refractivity contribution is 6.29. The van der Waals surface area contributed by atoms with E-state index in [0.29, 0.717) is 12.1 Å². The number of hydrazine groups is 1. The van der Waals surface area contributed by atoms with E-state index in [0.717, 1.165) is 17.7 Å². The molecule has 2 aliphatic rings. The smallest absolute Gasteiger partial charge is 0.246 e. The summed E-state index contributed by atoms with van der Waals surface area (Å²) >= 11 is 5.89. The zero-order valence-corrected chi connectivity index (χ0v) is 24.0. The normalized spacial score (nSPS) is 19.0. The molecule has 0 aliphatic carbocycles. The van der Waals surface area contributed by atoms with Crippen molar-refractivity contribution in [1.29, 1.82) is 0 Å². The summed E-state index contributed by atoms with van der Waals surface area (Å²) in [4.78, 5) is 48.2. The van der Waals surface area contributed by atoms with Crippen molar-refractivity contribution in [1.82, 2.24) is 24.8 Å². The first-order valence-electron chi connectivity index (χ1n) is 13.8. The summed E-state index contributed by atoms with van der Waals surface area (Å²) in [7, 11) is 0. The Balaban J connectivity index is 1.52. The van der Waals surface area contributed by atoms with Crippen LogP contribution in [0.15, 0.2) is 73.3 Å². The van der Waals surface area contributed by atoms with Crippen molar-refractivity contribution in [3.63, 3.8) is 0 Å². The second kappa shape index (κ2) is 12.9. The Bertz CT molecular complexity index is 1540. The van der Waals surface area contributed by atoms with Gasteiger partial charge < -0.3 is 14.9 Å². The number of piperazine rings is 1. The van der Waals surface area contributed by atoms with E-state index in [-0.39, 0.29) is 61.4 Å². The molecule has 12 heteroatoms. The Morgan fingerprint density at radius 3 is 2.56 bits per heavy atom. The first kappa shape index (κ1) is 30.1. The van der Waals surface area contributed by atoms with Crippen molar-refractivity contribution in [2.24, 2.45) is 0 Å². The second-order valence-corrected chi connectivity index (χ2v) is 10.8. The number of aromatic hydroxyl groups is 1. The zero-order valence-electron chi connectivity index (χ0n) is 23.2. The van der Waals surface area contributed by atoms with Crippen molar-refractivity contribution in [2.45, 2.75) is 38.0 Å². The molecular weight excluding hydrogens is 580 g/mol. The van der Waals surface area contributed by atoms with Crippen molar-refractivity contribution < 1.29 is 28.3 Å². The number of carbonyl (C=O) groups is 3. The molecule has 2 aromatic carbocycles. The molecule has 3 amide bonds. The Hall–Kier alpha value is -4.35. The van der Waals surface area contributed by atoms with E-state index < -0.39 is 35.7 Å². The van der Waals surface area contributed by atoms with E-state index in [2.05, 4.69) is 11.6 Å². The van der Waals surface area contributed by atoms with E-state index in [9.17, 15) is 28.3 Å². The largest absolute Gasteiger partial charge is 0.508 e. The van der Waals surface area contributed by atoms with Gasteiger partial charge in [-0.15, -0.1) is 6.58 Å². The highest BCUT2D eigenvalue weighted by Crippen LogP contribution is 2.31.